The summed E-state index contributed by atoms with van der Waals surface area (Å²) in [4.78, 5) is 35.6. The maximum absolute atomic E-state index is 12.1. The van der Waals surface area contributed by atoms with Crippen molar-refractivity contribution in [2.24, 2.45) is 0 Å². The SMILES string of the molecule is CC.CCC(=O)c1ccc(CNC(=O)CNC(=O)C(CS(=O)(=O)O)NC(C)C)cc1.CS(=O)(=O)O. The molecule has 0 spiro atoms. The lowest BCUT2D eigenvalue weighted by atomic mass is 10.1. The first-order chi connectivity index (χ1) is 16.0. The van der Waals surface area contributed by atoms with Crippen molar-refractivity contribution in [3.05, 3.63) is 35.4 Å². The second kappa shape index (κ2) is 17.1. The molecule has 14 heteroatoms. The van der Waals surface area contributed by atoms with E-state index in [0.29, 0.717) is 18.2 Å². The Balaban J connectivity index is 0. The maximum atomic E-state index is 12.1. The first kappa shape index (κ1) is 34.8. The van der Waals surface area contributed by atoms with E-state index >= 15 is 0 Å². The highest BCUT2D eigenvalue weighted by Crippen LogP contribution is 2.06. The van der Waals surface area contributed by atoms with E-state index in [4.69, 9.17) is 9.11 Å². The number of amides is 2. The molecule has 0 aliphatic carbocycles. The quantitative estimate of drug-likeness (QED) is 0.198. The number of Topliss-reactive ketones (excluding diaryl/α,β-unsaturated/α-hetero) is 1. The lowest BCUT2D eigenvalue weighted by molar-refractivity contribution is -0.127. The maximum Gasteiger partial charge on any atom is 0.266 e. The van der Waals surface area contributed by atoms with E-state index in [-0.39, 0.29) is 24.9 Å². The predicted molar refractivity (Wildman–Crippen MR) is 133 cm³/mol. The molecule has 35 heavy (non-hydrogen) atoms. The summed E-state index contributed by atoms with van der Waals surface area (Å²) in [6, 6.07) is 5.46. The number of ketones is 1. The molecule has 0 saturated carbocycles. The van der Waals surface area contributed by atoms with Gasteiger partial charge in [0.1, 0.15) is 6.04 Å². The Morgan fingerprint density at radius 2 is 1.43 bits per heavy atom. The Morgan fingerprint density at radius 1 is 0.943 bits per heavy atom. The van der Waals surface area contributed by atoms with Crippen molar-refractivity contribution < 1.29 is 40.3 Å². The largest absolute Gasteiger partial charge is 0.350 e. The fraction of sp³-hybridized carbons (Fsp3) is 0.571. The second-order valence-electron chi connectivity index (χ2n) is 7.32. The van der Waals surface area contributed by atoms with Crippen molar-refractivity contribution in [3.63, 3.8) is 0 Å². The van der Waals surface area contributed by atoms with Crippen LogP contribution in [0.1, 0.15) is 57.0 Å². The van der Waals surface area contributed by atoms with Crippen LogP contribution in [0.3, 0.4) is 0 Å². The van der Waals surface area contributed by atoms with Crippen LogP contribution in [0.2, 0.25) is 0 Å². The van der Waals surface area contributed by atoms with Gasteiger partial charge in [0, 0.05) is 24.6 Å². The minimum atomic E-state index is -4.36. The summed E-state index contributed by atoms with van der Waals surface area (Å²) in [6.45, 7) is 9.09. The van der Waals surface area contributed by atoms with Crippen LogP contribution in [-0.4, -0.2) is 74.2 Å². The Bertz CT molecular complexity index is 999. The standard InChI is InChI=1S/C18H27N3O6S.C2H6.CH4O3S/c1-4-16(22)14-7-5-13(6-8-14)9-19-17(23)10-20-18(24)15(21-12(2)3)11-28(25,26)27;1-2;1-5(2,3)4/h5-8,12,15,21H,4,9-11H2,1-3H3,(H,19,23)(H,20,24)(H,25,26,27);1-2H3;1H3,(H,2,3,4). The summed E-state index contributed by atoms with van der Waals surface area (Å²) in [5.41, 5.74) is 1.39. The molecular formula is C21H37N3O9S2. The number of benzene rings is 1. The average molecular weight is 540 g/mol. The van der Waals surface area contributed by atoms with Gasteiger partial charge in [0.05, 0.1) is 18.6 Å². The Labute approximate surface area is 207 Å². The summed E-state index contributed by atoms with van der Waals surface area (Å²) in [5.74, 6) is -1.92. The second-order valence-corrected chi connectivity index (χ2v) is 10.3. The van der Waals surface area contributed by atoms with Gasteiger partial charge in [0.25, 0.3) is 20.2 Å². The molecule has 1 aromatic rings. The van der Waals surface area contributed by atoms with Gasteiger partial charge >= 0.3 is 0 Å². The molecule has 12 nitrogen and oxygen atoms in total. The number of hydrogen-bond donors (Lipinski definition) is 5. The van der Waals surface area contributed by atoms with Crippen molar-refractivity contribution in [3.8, 4) is 0 Å². The predicted octanol–water partition coefficient (Wildman–Crippen LogP) is 0.796. The van der Waals surface area contributed by atoms with Gasteiger partial charge in [-0.3, -0.25) is 23.5 Å². The number of nitrogens with one attached hydrogen (secondary N) is 3. The molecule has 0 radical (unpaired) electrons. The van der Waals surface area contributed by atoms with E-state index in [9.17, 15) is 31.2 Å². The summed E-state index contributed by atoms with van der Waals surface area (Å²) in [6.07, 6.45) is 1.13. The summed E-state index contributed by atoms with van der Waals surface area (Å²) >= 11 is 0. The monoisotopic (exact) mass is 539 g/mol. The minimum Gasteiger partial charge on any atom is -0.350 e. The summed E-state index contributed by atoms with van der Waals surface area (Å²) < 4.78 is 56.9. The number of carbonyl (C=O) groups excluding carboxylic acids is 3. The number of hydrogen-bond acceptors (Lipinski definition) is 8. The van der Waals surface area contributed by atoms with E-state index in [1.54, 1.807) is 45.0 Å². The molecule has 1 unspecified atom stereocenters. The zero-order valence-electron chi connectivity index (χ0n) is 20.9. The Morgan fingerprint density at radius 3 is 1.83 bits per heavy atom. The molecule has 0 aromatic heterocycles. The lowest BCUT2D eigenvalue weighted by Gasteiger charge is -2.19. The molecule has 0 saturated heterocycles. The zero-order chi connectivity index (χ0) is 27.8. The average Bonchev–Trinajstić information content (AvgIpc) is 2.74. The molecule has 1 atom stereocenters. The molecule has 2 amide bonds. The lowest BCUT2D eigenvalue weighted by Crippen LogP contribution is -2.52. The van der Waals surface area contributed by atoms with Crippen molar-refractivity contribution in [1.29, 1.82) is 0 Å². The van der Waals surface area contributed by atoms with Crippen molar-refractivity contribution >= 4 is 37.8 Å². The van der Waals surface area contributed by atoms with Crippen LogP contribution in [0, 0.1) is 0 Å². The molecule has 202 valence electrons. The van der Waals surface area contributed by atoms with Gasteiger partial charge in [0.15, 0.2) is 5.78 Å². The van der Waals surface area contributed by atoms with Gasteiger partial charge in [-0.25, -0.2) is 0 Å². The first-order valence-corrected chi connectivity index (χ1v) is 14.3. The molecule has 0 fully saturated rings. The van der Waals surface area contributed by atoms with Crippen LogP contribution < -0.4 is 16.0 Å². The van der Waals surface area contributed by atoms with Crippen LogP contribution in [0.4, 0.5) is 0 Å². The normalized spacial score (nSPS) is 11.8. The summed E-state index contributed by atoms with van der Waals surface area (Å²) in [5, 5.41) is 7.69. The van der Waals surface area contributed by atoms with E-state index in [2.05, 4.69) is 16.0 Å². The topological polar surface area (TPSA) is 196 Å². The van der Waals surface area contributed by atoms with Gasteiger partial charge in [-0.15, -0.1) is 0 Å². The number of carbonyl (C=O) groups is 3. The van der Waals surface area contributed by atoms with Gasteiger partial charge < -0.3 is 16.0 Å². The molecular weight excluding hydrogens is 502 g/mol. The van der Waals surface area contributed by atoms with Crippen LogP contribution in [-0.2, 0) is 36.4 Å². The van der Waals surface area contributed by atoms with E-state index in [1.807, 2.05) is 13.8 Å². The van der Waals surface area contributed by atoms with Crippen LogP contribution in [0.5, 0.6) is 0 Å². The van der Waals surface area contributed by atoms with Crippen molar-refractivity contribution in [2.75, 3.05) is 18.6 Å². The molecule has 0 aliphatic rings. The van der Waals surface area contributed by atoms with Gasteiger partial charge in [0.2, 0.25) is 11.8 Å². The van der Waals surface area contributed by atoms with E-state index in [1.165, 1.54) is 0 Å². The highest BCUT2D eigenvalue weighted by atomic mass is 32.2. The highest BCUT2D eigenvalue weighted by molar-refractivity contribution is 7.85. The Kier molecular flexibility index (Phi) is 17.0. The smallest absolute Gasteiger partial charge is 0.266 e. The number of rotatable bonds is 11. The molecule has 0 heterocycles. The van der Waals surface area contributed by atoms with Crippen LogP contribution in [0.15, 0.2) is 24.3 Å². The van der Waals surface area contributed by atoms with Crippen LogP contribution >= 0.6 is 0 Å². The summed E-state index contributed by atoms with van der Waals surface area (Å²) in [7, 11) is -8.03. The molecule has 1 rings (SSSR count). The molecule has 0 bridgehead atoms. The fourth-order valence-electron chi connectivity index (χ4n) is 2.38. The van der Waals surface area contributed by atoms with Gasteiger partial charge in [-0.05, 0) is 5.56 Å². The van der Waals surface area contributed by atoms with E-state index in [0.717, 1.165) is 5.56 Å². The van der Waals surface area contributed by atoms with Crippen molar-refractivity contribution in [2.45, 2.75) is 59.7 Å². The Hall–Kier alpha value is -2.39. The third-order valence-corrected chi connectivity index (χ3v) is 4.49. The molecule has 5 N–H and O–H groups in total. The van der Waals surface area contributed by atoms with Gasteiger partial charge in [-0.2, -0.15) is 16.8 Å². The zero-order valence-corrected chi connectivity index (χ0v) is 22.5. The van der Waals surface area contributed by atoms with Gasteiger partial charge in [-0.1, -0.05) is 58.9 Å². The third-order valence-electron chi connectivity index (χ3n) is 3.74. The van der Waals surface area contributed by atoms with Crippen molar-refractivity contribution in [1.82, 2.24) is 16.0 Å². The highest BCUT2D eigenvalue weighted by Gasteiger charge is 2.25. The first-order valence-electron chi connectivity index (χ1n) is 10.8. The molecule has 1 aromatic carbocycles. The van der Waals surface area contributed by atoms with Crippen LogP contribution in [0.25, 0.3) is 0 Å². The fourth-order valence-corrected chi connectivity index (χ4v) is 3.05. The van der Waals surface area contributed by atoms with E-state index < -0.39 is 43.8 Å². The third kappa shape index (κ3) is 20.7. The minimum absolute atomic E-state index is 0.0350. The molecule has 0 aliphatic heterocycles.